The lowest BCUT2D eigenvalue weighted by molar-refractivity contribution is -0.116. The van der Waals surface area contributed by atoms with Gasteiger partial charge in [0.2, 0.25) is 5.91 Å². The lowest BCUT2D eigenvalue weighted by Crippen LogP contribution is -2.31. The molecule has 1 aromatic heterocycles. The highest BCUT2D eigenvalue weighted by atomic mass is 32.2. The van der Waals surface area contributed by atoms with Gasteiger partial charge in [0.1, 0.15) is 0 Å². The van der Waals surface area contributed by atoms with Crippen molar-refractivity contribution < 1.29 is 4.79 Å². The molecule has 0 fully saturated rings. The van der Waals surface area contributed by atoms with Crippen LogP contribution in [0.1, 0.15) is 22.3 Å². The standard InChI is InChI=1S/C25H24N2OS2/c1-18-13-14-22-24(19(18)2)26-25(30-22)27(15-20-9-5-3-6-10-20)23(28)17-29-16-21-11-7-4-8-12-21/h3-14H,15-17H2,1-2H3. The van der Waals surface area contributed by atoms with E-state index in [0.29, 0.717) is 12.3 Å². The van der Waals surface area contributed by atoms with Crippen LogP contribution in [0.15, 0.2) is 72.8 Å². The zero-order chi connectivity index (χ0) is 20.9. The van der Waals surface area contributed by atoms with Crippen molar-refractivity contribution in [1.82, 2.24) is 4.98 Å². The van der Waals surface area contributed by atoms with Crippen molar-refractivity contribution in [2.24, 2.45) is 0 Å². The van der Waals surface area contributed by atoms with Crippen LogP contribution in [-0.4, -0.2) is 16.6 Å². The van der Waals surface area contributed by atoms with Crippen LogP contribution in [0.4, 0.5) is 5.13 Å². The molecule has 0 spiro atoms. The van der Waals surface area contributed by atoms with Gasteiger partial charge < -0.3 is 0 Å². The minimum atomic E-state index is 0.0909. The summed E-state index contributed by atoms with van der Waals surface area (Å²) in [6, 6.07) is 24.6. The summed E-state index contributed by atoms with van der Waals surface area (Å²) in [6.45, 7) is 4.73. The van der Waals surface area contributed by atoms with Crippen LogP contribution < -0.4 is 4.90 Å². The maximum atomic E-state index is 13.2. The number of aryl methyl sites for hydroxylation is 2. The Balaban J connectivity index is 1.57. The average molecular weight is 433 g/mol. The van der Waals surface area contributed by atoms with Crippen molar-refractivity contribution in [3.05, 3.63) is 95.1 Å². The van der Waals surface area contributed by atoms with Gasteiger partial charge in [0, 0.05) is 5.75 Å². The molecule has 0 unspecified atom stereocenters. The lowest BCUT2D eigenvalue weighted by atomic mass is 10.1. The molecule has 0 saturated carbocycles. The number of carbonyl (C=O) groups excluding carboxylic acids is 1. The fourth-order valence-electron chi connectivity index (χ4n) is 3.27. The van der Waals surface area contributed by atoms with Crippen LogP contribution in [0.3, 0.4) is 0 Å². The van der Waals surface area contributed by atoms with Crippen LogP contribution in [0, 0.1) is 13.8 Å². The molecular weight excluding hydrogens is 408 g/mol. The van der Waals surface area contributed by atoms with Gasteiger partial charge in [-0.15, -0.1) is 11.8 Å². The average Bonchev–Trinajstić information content (AvgIpc) is 3.21. The van der Waals surface area contributed by atoms with E-state index in [4.69, 9.17) is 4.98 Å². The summed E-state index contributed by atoms with van der Waals surface area (Å²) in [5.41, 5.74) is 5.74. The first-order chi connectivity index (χ1) is 14.6. The van der Waals surface area contributed by atoms with Crippen LogP contribution in [0.2, 0.25) is 0 Å². The summed E-state index contributed by atoms with van der Waals surface area (Å²) < 4.78 is 1.12. The van der Waals surface area contributed by atoms with E-state index in [1.165, 1.54) is 16.7 Å². The Labute approximate surface area is 185 Å². The van der Waals surface area contributed by atoms with Gasteiger partial charge in [0.25, 0.3) is 0 Å². The molecular formula is C25H24N2OS2. The molecule has 3 aromatic carbocycles. The normalized spacial score (nSPS) is 11.0. The highest BCUT2D eigenvalue weighted by Gasteiger charge is 2.21. The maximum Gasteiger partial charge on any atom is 0.239 e. The predicted octanol–water partition coefficient (Wildman–Crippen LogP) is 6.38. The zero-order valence-corrected chi connectivity index (χ0v) is 18.8. The van der Waals surface area contributed by atoms with Gasteiger partial charge in [-0.05, 0) is 42.2 Å². The topological polar surface area (TPSA) is 33.2 Å². The second kappa shape index (κ2) is 9.45. The summed E-state index contributed by atoms with van der Waals surface area (Å²) in [4.78, 5) is 19.9. The third kappa shape index (κ3) is 4.74. The Morgan fingerprint density at radius 2 is 1.60 bits per heavy atom. The zero-order valence-electron chi connectivity index (χ0n) is 17.2. The first kappa shape index (κ1) is 20.6. The number of hydrogen-bond donors (Lipinski definition) is 0. The predicted molar refractivity (Wildman–Crippen MR) is 129 cm³/mol. The number of thioether (sulfide) groups is 1. The van der Waals surface area contributed by atoms with E-state index < -0.39 is 0 Å². The Kier molecular flexibility index (Phi) is 6.50. The molecule has 1 heterocycles. The number of hydrogen-bond acceptors (Lipinski definition) is 4. The van der Waals surface area contributed by atoms with Crippen molar-refractivity contribution in [3.8, 4) is 0 Å². The highest BCUT2D eigenvalue weighted by molar-refractivity contribution is 7.99. The number of thiazole rings is 1. The third-order valence-electron chi connectivity index (χ3n) is 5.13. The highest BCUT2D eigenvalue weighted by Crippen LogP contribution is 2.33. The smallest absolute Gasteiger partial charge is 0.239 e. The monoisotopic (exact) mass is 432 g/mol. The fraction of sp³-hybridized carbons (Fsp3) is 0.200. The molecule has 5 heteroatoms. The van der Waals surface area contributed by atoms with Crippen molar-refractivity contribution in [1.29, 1.82) is 0 Å². The first-order valence-electron chi connectivity index (χ1n) is 9.94. The number of fused-ring (bicyclic) bond motifs is 1. The quantitative estimate of drug-likeness (QED) is 0.340. The number of rotatable bonds is 7. The van der Waals surface area contributed by atoms with Crippen molar-refractivity contribution in [2.75, 3.05) is 10.7 Å². The van der Waals surface area contributed by atoms with Gasteiger partial charge in [-0.2, -0.15) is 0 Å². The second-order valence-corrected chi connectivity index (χ2v) is 9.29. The van der Waals surface area contributed by atoms with Crippen molar-refractivity contribution in [2.45, 2.75) is 26.1 Å². The lowest BCUT2D eigenvalue weighted by Gasteiger charge is -2.20. The van der Waals surface area contributed by atoms with Crippen molar-refractivity contribution >= 4 is 44.4 Å². The first-order valence-corrected chi connectivity index (χ1v) is 11.9. The van der Waals surface area contributed by atoms with Gasteiger partial charge in [-0.25, -0.2) is 4.98 Å². The van der Waals surface area contributed by atoms with Crippen LogP contribution in [0.25, 0.3) is 10.2 Å². The Bertz CT molecular complexity index is 1140. The van der Waals surface area contributed by atoms with E-state index in [0.717, 1.165) is 26.7 Å². The van der Waals surface area contributed by atoms with Crippen LogP contribution in [0.5, 0.6) is 0 Å². The molecule has 0 saturated heterocycles. The summed E-state index contributed by atoms with van der Waals surface area (Å²) in [5, 5.41) is 0.771. The molecule has 0 aliphatic rings. The maximum absolute atomic E-state index is 13.2. The molecule has 30 heavy (non-hydrogen) atoms. The minimum Gasteiger partial charge on any atom is -0.283 e. The molecule has 3 nitrogen and oxygen atoms in total. The van der Waals surface area contributed by atoms with Gasteiger partial charge in [-0.1, -0.05) is 78.1 Å². The molecule has 4 aromatic rings. The van der Waals surface area contributed by atoms with Gasteiger partial charge in [0.05, 0.1) is 22.5 Å². The van der Waals surface area contributed by atoms with E-state index >= 15 is 0 Å². The molecule has 0 N–H and O–H groups in total. The number of benzene rings is 3. The summed E-state index contributed by atoms with van der Waals surface area (Å²) in [7, 11) is 0. The molecule has 0 aliphatic carbocycles. The number of amides is 1. The number of aromatic nitrogens is 1. The van der Waals surface area contributed by atoms with Gasteiger partial charge in [-0.3, -0.25) is 9.69 Å². The summed E-state index contributed by atoms with van der Waals surface area (Å²) in [6.07, 6.45) is 0. The van der Waals surface area contributed by atoms with Crippen LogP contribution >= 0.6 is 23.1 Å². The van der Waals surface area contributed by atoms with E-state index in [2.05, 4.69) is 50.2 Å². The van der Waals surface area contributed by atoms with Crippen LogP contribution in [-0.2, 0) is 17.1 Å². The largest absolute Gasteiger partial charge is 0.283 e. The number of anilines is 1. The molecule has 0 radical (unpaired) electrons. The molecule has 4 rings (SSSR count). The van der Waals surface area contributed by atoms with E-state index in [1.807, 2.05) is 41.3 Å². The summed E-state index contributed by atoms with van der Waals surface area (Å²) in [5.74, 6) is 1.34. The van der Waals surface area contributed by atoms with E-state index in [1.54, 1.807) is 23.1 Å². The molecule has 0 atom stereocenters. The SMILES string of the molecule is Cc1ccc2sc(N(Cc3ccccc3)C(=O)CSCc3ccccc3)nc2c1C. The van der Waals surface area contributed by atoms with Gasteiger partial charge in [0.15, 0.2) is 5.13 Å². The van der Waals surface area contributed by atoms with E-state index in [-0.39, 0.29) is 5.91 Å². The fourth-order valence-corrected chi connectivity index (χ4v) is 5.17. The minimum absolute atomic E-state index is 0.0909. The van der Waals surface area contributed by atoms with E-state index in [9.17, 15) is 4.79 Å². The Morgan fingerprint density at radius 3 is 2.30 bits per heavy atom. The second-order valence-electron chi connectivity index (χ2n) is 7.29. The molecule has 1 amide bonds. The Hall–Kier alpha value is -2.63. The number of nitrogens with zero attached hydrogens (tertiary/aromatic N) is 2. The van der Waals surface area contributed by atoms with Gasteiger partial charge >= 0.3 is 0 Å². The molecule has 0 aliphatic heterocycles. The summed E-state index contributed by atoms with van der Waals surface area (Å²) >= 11 is 3.24. The molecule has 152 valence electrons. The van der Waals surface area contributed by atoms with Crippen molar-refractivity contribution in [3.63, 3.8) is 0 Å². The Morgan fingerprint density at radius 1 is 0.933 bits per heavy atom. The third-order valence-corrected chi connectivity index (χ3v) is 7.16. The number of carbonyl (C=O) groups is 1. The molecule has 0 bridgehead atoms.